The fraction of sp³-hybridized carbons (Fsp3) is 0.538. The molecule has 0 saturated carbocycles. The quantitative estimate of drug-likeness (QED) is 0.433. The molecule has 0 N–H and O–H groups in total. The third kappa shape index (κ3) is 2.48. The van der Waals surface area contributed by atoms with Crippen molar-refractivity contribution in [2.45, 2.75) is 21.4 Å². The van der Waals surface area contributed by atoms with Crippen molar-refractivity contribution in [1.82, 2.24) is 4.90 Å². The minimum atomic E-state index is -2.03. The SMILES string of the molecule is CN1C[C@@H]2c3cc([N+](=O)[O-])ccc3O[C@@H](C(Cl)(Cl)Cl)[C@]2([N+](=O)[O-])C1. The van der Waals surface area contributed by atoms with E-state index in [1.807, 2.05) is 0 Å². The molecule has 24 heavy (non-hydrogen) atoms. The molecule has 0 aromatic heterocycles. The molecule has 0 radical (unpaired) electrons. The number of hydrogen-bond donors (Lipinski definition) is 0. The number of likely N-dealkylation sites (tertiary alicyclic amines) is 1. The Morgan fingerprint density at radius 2 is 2.00 bits per heavy atom. The van der Waals surface area contributed by atoms with Gasteiger partial charge >= 0.3 is 0 Å². The van der Waals surface area contributed by atoms with Crippen LogP contribution in [0.5, 0.6) is 5.75 Å². The van der Waals surface area contributed by atoms with Gasteiger partial charge in [-0.25, -0.2) is 0 Å². The highest BCUT2D eigenvalue weighted by Gasteiger charge is 2.70. The number of likely N-dealkylation sites (N-methyl/N-ethyl adjacent to an activating group) is 1. The van der Waals surface area contributed by atoms with Crippen molar-refractivity contribution < 1.29 is 14.6 Å². The Bertz CT molecular complexity index is 725. The average molecular weight is 397 g/mol. The van der Waals surface area contributed by atoms with Gasteiger partial charge < -0.3 is 4.74 Å². The summed E-state index contributed by atoms with van der Waals surface area (Å²) in [5.41, 5.74) is -1.49. The van der Waals surface area contributed by atoms with Crippen LogP contribution in [0.4, 0.5) is 5.69 Å². The lowest BCUT2D eigenvalue weighted by molar-refractivity contribution is -0.582. The summed E-state index contributed by atoms with van der Waals surface area (Å²) in [6.45, 7) is 0.307. The minimum Gasteiger partial charge on any atom is -0.478 e. The van der Waals surface area contributed by atoms with Crippen LogP contribution in [0.15, 0.2) is 18.2 Å². The van der Waals surface area contributed by atoms with E-state index in [2.05, 4.69) is 0 Å². The molecule has 2 heterocycles. The second-order valence-corrected chi connectivity index (χ2v) is 8.39. The smallest absolute Gasteiger partial charge is 0.282 e. The lowest BCUT2D eigenvalue weighted by atomic mass is 9.76. The molecule has 1 aromatic carbocycles. The van der Waals surface area contributed by atoms with Gasteiger partial charge in [-0.15, -0.1) is 0 Å². The van der Waals surface area contributed by atoms with Crippen LogP contribution in [0.25, 0.3) is 0 Å². The molecule has 2 aliphatic rings. The van der Waals surface area contributed by atoms with E-state index in [4.69, 9.17) is 39.5 Å². The lowest BCUT2D eigenvalue weighted by Crippen LogP contribution is -2.63. The predicted octanol–water partition coefficient (Wildman–Crippen LogP) is 2.77. The van der Waals surface area contributed by atoms with Crippen LogP contribution in [0.3, 0.4) is 0 Å². The number of alkyl halides is 3. The molecule has 2 aliphatic heterocycles. The van der Waals surface area contributed by atoms with E-state index in [0.717, 1.165) is 0 Å². The molecule has 0 aliphatic carbocycles. The molecule has 8 nitrogen and oxygen atoms in total. The number of fused-ring (bicyclic) bond motifs is 3. The van der Waals surface area contributed by atoms with E-state index in [1.165, 1.54) is 18.2 Å². The number of halogens is 3. The molecular weight excluding hydrogens is 385 g/mol. The second kappa shape index (κ2) is 5.59. The van der Waals surface area contributed by atoms with Crippen LogP contribution in [0, 0.1) is 20.2 Å². The van der Waals surface area contributed by atoms with Gasteiger partial charge in [0, 0.05) is 29.2 Å². The predicted molar refractivity (Wildman–Crippen MR) is 87.8 cm³/mol. The van der Waals surface area contributed by atoms with E-state index in [0.29, 0.717) is 12.1 Å². The van der Waals surface area contributed by atoms with Gasteiger partial charge in [0.15, 0.2) is 0 Å². The highest BCUT2D eigenvalue weighted by molar-refractivity contribution is 6.68. The fourth-order valence-electron chi connectivity index (χ4n) is 3.60. The Morgan fingerprint density at radius 1 is 1.33 bits per heavy atom. The Morgan fingerprint density at radius 3 is 2.54 bits per heavy atom. The lowest BCUT2D eigenvalue weighted by Gasteiger charge is -2.41. The molecule has 1 aromatic rings. The first-order valence-electron chi connectivity index (χ1n) is 6.92. The number of hydrogen-bond acceptors (Lipinski definition) is 6. The summed E-state index contributed by atoms with van der Waals surface area (Å²) < 4.78 is 3.64. The number of non-ortho nitro benzene ring substituents is 1. The summed E-state index contributed by atoms with van der Waals surface area (Å²) in [6, 6.07) is 3.94. The van der Waals surface area contributed by atoms with E-state index in [1.54, 1.807) is 11.9 Å². The van der Waals surface area contributed by atoms with Gasteiger partial charge in [-0.2, -0.15) is 0 Å². The van der Waals surface area contributed by atoms with Crippen molar-refractivity contribution >= 4 is 40.5 Å². The minimum absolute atomic E-state index is 0.00533. The number of nitro groups is 2. The maximum Gasteiger partial charge on any atom is 0.282 e. The summed E-state index contributed by atoms with van der Waals surface area (Å²) in [5, 5.41) is 23.0. The normalized spacial score (nSPS) is 29.5. The summed E-state index contributed by atoms with van der Waals surface area (Å²) in [6.07, 6.45) is -1.33. The third-order valence-corrected chi connectivity index (χ3v) is 5.13. The van der Waals surface area contributed by atoms with Crippen LogP contribution in [-0.2, 0) is 0 Å². The van der Waals surface area contributed by atoms with E-state index < -0.39 is 31.2 Å². The van der Waals surface area contributed by atoms with Crippen LogP contribution in [0.1, 0.15) is 11.5 Å². The molecule has 0 amide bonds. The zero-order valence-electron chi connectivity index (χ0n) is 12.3. The molecular formula is C13H12Cl3N3O5. The molecule has 3 rings (SSSR count). The fourth-order valence-corrected chi connectivity index (χ4v) is 4.30. The van der Waals surface area contributed by atoms with Crippen LogP contribution < -0.4 is 4.74 Å². The van der Waals surface area contributed by atoms with Gasteiger partial charge in [-0.3, -0.25) is 25.1 Å². The van der Waals surface area contributed by atoms with Gasteiger partial charge in [0.25, 0.3) is 11.2 Å². The number of nitro benzene ring substituents is 1. The van der Waals surface area contributed by atoms with Crippen LogP contribution >= 0.6 is 34.8 Å². The third-order valence-electron chi connectivity index (χ3n) is 4.54. The van der Waals surface area contributed by atoms with Crippen molar-refractivity contribution in [3.8, 4) is 5.75 Å². The van der Waals surface area contributed by atoms with Gasteiger partial charge in [0.2, 0.25) is 9.90 Å². The summed E-state index contributed by atoms with van der Waals surface area (Å²) in [5.74, 6) is -0.434. The van der Waals surface area contributed by atoms with E-state index >= 15 is 0 Å². The maximum absolute atomic E-state index is 12.0. The van der Waals surface area contributed by atoms with Crippen molar-refractivity contribution in [3.63, 3.8) is 0 Å². The number of nitrogens with zero attached hydrogens (tertiary/aromatic N) is 3. The Hall–Kier alpha value is -1.35. The van der Waals surface area contributed by atoms with Gasteiger partial charge in [0.1, 0.15) is 5.75 Å². The Balaban J connectivity index is 2.23. The zero-order valence-corrected chi connectivity index (χ0v) is 14.6. The van der Waals surface area contributed by atoms with Crippen LogP contribution in [0.2, 0.25) is 0 Å². The average Bonchev–Trinajstić information content (AvgIpc) is 2.83. The molecule has 1 fully saturated rings. The second-order valence-electron chi connectivity index (χ2n) is 6.02. The summed E-state index contributed by atoms with van der Waals surface area (Å²) in [7, 11) is 1.70. The molecule has 0 unspecified atom stereocenters. The highest BCUT2D eigenvalue weighted by Crippen LogP contribution is 2.54. The van der Waals surface area contributed by atoms with Crippen molar-refractivity contribution in [2.24, 2.45) is 0 Å². The maximum atomic E-state index is 12.0. The van der Waals surface area contributed by atoms with Crippen molar-refractivity contribution in [3.05, 3.63) is 44.0 Å². The largest absolute Gasteiger partial charge is 0.478 e. The monoisotopic (exact) mass is 395 g/mol. The molecule has 0 spiro atoms. The number of benzene rings is 1. The topological polar surface area (TPSA) is 98.8 Å². The molecule has 3 atom stereocenters. The Kier molecular flexibility index (Phi) is 4.07. The summed E-state index contributed by atoms with van der Waals surface area (Å²) in [4.78, 5) is 23.7. The zero-order chi connectivity index (χ0) is 17.9. The highest BCUT2D eigenvalue weighted by atomic mass is 35.6. The first-order valence-corrected chi connectivity index (χ1v) is 8.05. The Labute approximate surface area is 151 Å². The van der Waals surface area contributed by atoms with Crippen molar-refractivity contribution in [1.29, 1.82) is 0 Å². The number of rotatable bonds is 2. The van der Waals surface area contributed by atoms with Gasteiger partial charge in [0.05, 0.1) is 17.4 Å². The molecule has 11 heteroatoms. The van der Waals surface area contributed by atoms with Gasteiger partial charge in [-0.1, -0.05) is 34.8 Å². The molecule has 130 valence electrons. The summed E-state index contributed by atoms with van der Waals surface area (Å²) >= 11 is 17.9. The first kappa shape index (κ1) is 17.5. The van der Waals surface area contributed by atoms with E-state index in [-0.39, 0.29) is 18.0 Å². The van der Waals surface area contributed by atoms with E-state index in [9.17, 15) is 20.2 Å². The van der Waals surface area contributed by atoms with Crippen LogP contribution in [-0.4, -0.2) is 50.3 Å². The number of ether oxygens (including phenoxy) is 1. The van der Waals surface area contributed by atoms with Crippen molar-refractivity contribution in [2.75, 3.05) is 20.1 Å². The standard InChI is InChI=1S/C13H12Cl3N3O5/c1-17-5-9-8-4-7(18(20)21)2-3-10(8)24-11(13(14,15)16)12(9,6-17)19(22)23/h2-4,9,11H,5-6H2,1H3/t9-,11-,12+/m1/s1. The molecule has 0 bridgehead atoms. The first-order chi connectivity index (χ1) is 11.1. The van der Waals surface area contributed by atoms with Gasteiger partial charge in [-0.05, 0) is 13.1 Å². The molecule has 1 saturated heterocycles.